The number of hydrogen-bond acceptors (Lipinski definition) is 5. The van der Waals surface area contributed by atoms with E-state index >= 15 is 0 Å². The van der Waals surface area contributed by atoms with E-state index in [0.29, 0.717) is 25.1 Å². The monoisotopic (exact) mass is 399 g/mol. The molecule has 9 nitrogen and oxygen atoms in total. The van der Waals surface area contributed by atoms with Gasteiger partial charge in [-0.15, -0.1) is 5.10 Å². The molecule has 0 bridgehead atoms. The molecule has 29 heavy (non-hydrogen) atoms. The van der Waals surface area contributed by atoms with Crippen molar-refractivity contribution in [1.29, 1.82) is 0 Å². The van der Waals surface area contributed by atoms with Crippen molar-refractivity contribution in [2.75, 3.05) is 26.7 Å². The summed E-state index contributed by atoms with van der Waals surface area (Å²) in [5.41, 5.74) is 2.68. The Hall–Kier alpha value is -3.23. The third kappa shape index (κ3) is 4.44. The Labute approximate surface area is 168 Å². The molecule has 9 heteroatoms. The van der Waals surface area contributed by atoms with Gasteiger partial charge in [0, 0.05) is 20.1 Å². The van der Waals surface area contributed by atoms with Crippen LogP contribution in [0.4, 0.5) is 0 Å². The van der Waals surface area contributed by atoms with Gasteiger partial charge in [0.05, 0.1) is 23.8 Å². The largest absolute Gasteiger partial charge is 0.481 e. The maximum atomic E-state index is 12.8. The van der Waals surface area contributed by atoms with Crippen molar-refractivity contribution in [3.05, 3.63) is 41.2 Å². The van der Waals surface area contributed by atoms with Gasteiger partial charge in [-0.25, -0.2) is 4.68 Å². The van der Waals surface area contributed by atoms with Crippen molar-refractivity contribution in [3.63, 3.8) is 0 Å². The fraction of sp³-hybridized carbons (Fsp3) is 0.450. The summed E-state index contributed by atoms with van der Waals surface area (Å²) in [6.45, 7) is 4.29. The summed E-state index contributed by atoms with van der Waals surface area (Å²) in [7, 11) is 1.53. The first-order valence-corrected chi connectivity index (χ1v) is 9.53. The SMILES string of the molecule is Cc1ccc(-n2nnc(C(=O)N(C)CC(=O)N3CCCC(C(=O)O)C3)c2C)cc1. The van der Waals surface area contributed by atoms with Crippen molar-refractivity contribution in [1.82, 2.24) is 24.8 Å². The van der Waals surface area contributed by atoms with Gasteiger partial charge in [0.2, 0.25) is 5.91 Å². The molecular weight excluding hydrogens is 374 g/mol. The van der Waals surface area contributed by atoms with Crippen molar-refractivity contribution >= 4 is 17.8 Å². The van der Waals surface area contributed by atoms with E-state index in [9.17, 15) is 19.5 Å². The van der Waals surface area contributed by atoms with Gasteiger partial charge in [0.1, 0.15) is 0 Å². The lowest BCUT2D eigenvalue weighted by Gasteiger charge is -2.31. The number of carbonyl (C=O) groups is 3. The molecule has 1 aromatic carbocycles. The number of aryl methyl sites for hydroxylation is 1. The van der Waals surface area contributed by atoms with E-state index in [-0.39, 0.29) is 24.7 Å². The summed E-state index contributed by atoms with van der Waals surface area (Å²) in [6.07, 6.45) is 1.21. The van der Waals surface area contributed by atoms with Crippen LogP contribution in [0, 0.1) is 19.8 Å². The number of aromatic nitrogens is 3. The average molecular weight is 399 g/mol. The second-order valence-electron chi connectivity index (χ2n) is 7.45. The molecule has 0 radical (unpaired) electrons. The topological polar surface area (TPSA) is 109 Å². The van der Waals surface area contributed by atoms with Crippen LogP contribution in [0.2, 0.25) is 0 Å². The molecule has 1 aromatic heterocycles. The lowest BCUT2D eigenvalue weighted by Crippen LogP contribution is -2.47. The molecule has 1 atom stereocenters. The molecular formula is C20H25N5O4. The lowest BCUT2D eigenvalue weighted by molar-refractivity contribution is -0.145. The van der Waals surface area contributed by atoms with Crippen LogP contribution in [0.25, 0.3) is 5.69 Å². The number of carbonyl (C=O) groups excluding carboxylic acids is 2. The summed E-state index contributed by atoms with van der Waals surface area (Å²) >= 11 is 0. The first-order valence-electron chi connectivity index (χ1n) is 9.53. The van der Waals surface area contributed by atoms with Gasteiger partial charge in [0.25, 0.3) is 5.91 Å². The first-order chi connectivity index (χ1) is 13.8. The van der Waals surface area contributed by atoms with Gasteiger partial charge in [-0.3, -0.25) is 14.4 Å². The maximum Gasteiger partial charge on any atom is 0.308 e. The normalized spacial score (nSPS) is 16.5. The molecule has 3 rings (SSSR count). The molecule has 2 amide bonds. The Balaban J connectivity index is 1.68. The Kier molecular flexibility index (Phi) is 5.95. The van der Waals surface area contributed by atoms with Gasteiger partial charge < -0.3 is 14.9 Å². The van der Waals surface area contributed by atoms with Gasteiger partial charge in [-0.2, -0.15) is 0 Å². The first kappa shape index (κ1) is 20.5. The predicted molar refractivity (Wildman–Crippen MR) is 105 cm³/mol. The van der Waals surface area contributed by atoms with Crippen LogP contribution in [0.5, 0.6) is 0 Å². The van der Waals surface area contributed by atoms with Crippen molar-refractivity contribution in [3.8, 4) is 5.69 Å². The van der Waals surface area contributed by atoms with E-state index in [1.165, 1.54) is 16.8 Å². The minimum absolute atomic E-state index is 0.137. The summed E-state index contributed by atoms with van der Waals surface area (Å²) in [5, 5.41) is 17.3. The number of hydrogen-bond donors (Lipinski definition) is 1. The van der Waals surface area contributed by atoms with Crippen LogP contribution < -0.4 is 0 Å². The zero-order valence-electron chi connectivity index (χ0n) is 16.8. The number of rotatable bonds is 5. The van der Waals surface area contributed by atoms with E-state index < -0.39 is 17.8 Å². The third-order valence-electron chi connectivity index (χ3n) is 5.22. The highest BCUT2D eigenvalue weighted by atomic mass is 16.4. The third-order valence-corrected chi connectivity index (χ3v) is 5.22. The zero-order chi connectivity index (χ0) is 21.1. The number of aliphatic carboxylic acids is 1. The molecule has 2 heterocycles. The fourth-order valence-corrected chi connectivity index (χ4v) is 3.42. The molecule has 0 spiro atoms. The van der Waals surface area contributed by atoms with Crippen molar-refractivity contribution in [2.24, 2.45) is 5.92 Å². The summed E-state index contributed by atoms with van der Waals surface area (Å²) < 4.78 is 1.59. The molecule has 1 aliphatic rings. The van der Waals surface area contributed by atoms with E-state index in [1.807, 2.05) is 31.2 Å². The van der Waals surface area contributed by atoms with E-state index in [4.69, 9.17) is 0 Å². The second kappa shape index (κ2) is 8.42. The van der Waals surface area contributed by atoms with Crippen molar-refractivity contribution in [2.45, 2.75) is 26.7 Å². The molecule has 1 N–H and O–H groups in total. The standard InChI is InChI=1S/C20H25N5O4/c1-13-6-8-16(9-7-13)25-14(2)18(21-22-25)19(27)23(3)12-17(26)24-10-4-5-15(11-24)20(28)29/h6-9,15H,4-5,10-12H2,1-3H3,(H,28,29). The Bertz CT molecular complexity index is 921. The number of amides is 2. The summed E-state index contributed by atoms with van der Waals surface area (Å²) in [5.74, 6) is -2.11. The fourth-order valence-electron chi connectivity index (χ4n) is 3.42. The average Bonchev–Trinajstić information content (AvgIpc) is 3.09. The summed E-state index contributed by atoms with van der Waals surface area (Å²) in [6, 6.07) is 7.69. The van der Waals surface area contributed by atoms with Gasteiger partial charge >= 0.3 is 5.97 Å². The lowest BCUT2D eigenvalue weighted by atomic mass is 9.98. The minimum Gasteiger partial charge on any atom is -0.481 e. The number of likely N-dealkylation sites (tertiary alicyclic amines) is 1. The molecule has 1 aliphatic heterocycles. The number of nitrogens with zero attached hydrogens (tertiary/aromatic N) is 5. The Morgan fingerprint density at radius 2 is 1.90 bits per heavy atom. The molecule has 0 saturated carbocycles. The molecule has 0 aliphatic carbocycles. The Morgan fingerprint density at radius 3 is 2.55 bits per heavy atom. The highest BCUT2D eigenvalue weighted by Crippen LogP contribution is 2.18. The van der Waals surface area contributed by atoms with Crippen LogP contribution in [0.15, 0.2) is 24.3 Å². The number of piperidine rings is 1. The van der Waals surface area contributed by atoms with Crippen LogP contribution >= 0.6 is 0 Å². The van der Waals surface area contributed by atoms with Crippen molar-refractivity contribution < 1.29 is 19.5 Å². The van der Waals surface area contributed by atoms with Crippen LogP contribution in [-0.2, 0) is 9.59 Å². The van der Waals surface area contributed by atoms with E-state index in [1.54, 1.807) is 11.6 Å². The molecule has 1 unspecified atom stereocenters. The molecule has 1 saturated heterocycles. The minimum atomic E-state index is -0.893. The van der Waals surface area contributed by atoms with E-state index in [0.717, 1.165) is 11.3 Å². The van der Waals surface area contributed by atoms with E-state index in [2.05, 4.69) is 10.3 Å². The second-order valence-corrected chi connectivity index (χ2v) is 7.45. The molecule has 1 fully saturated rings. The number of carboxylic acids is 1. The molecule has 154 valence electrons. The van der Waals surface area contributed by atoms with Crippen LogP contribution in [0.1, 0.15) is 34.6 Å². The summed E-state index contributed by atoms with van der Waals surface area (Å²) in [4.78, 5) is 39.4. The zero-order valence-corrected chi connectivity index (χ0v) is 16.8. The molecule has 2 aromatic rings. The quantitative estimate of drug-likeness (QED) is 0.811. The maximum absolute atomic E-state index is 12.8. The highest BCUT2D eigenvalue weighted by Gasteiger charge is 2.30. The van der Waals surface area contributed by atoms with Crippen LogP contribution in [0.3, 0.4) is 0 Å². The number of likely N-dealkylation sites (N-methyl/N-ethyl adjacent to an activating group) is 1. The van der Waals surface area contributed by atoms with Gasteiger partial charge in [-0.05, 0) is 38.8 Å². The smallest absolute Gasteiger partial charge is 0.308 e. The number of carboxylic acid groups (broad SMARTS) is 1. The highest BCUT2D eigenvalue weighted by molar-refractivity contribution is 5.95. The van der Waals surface area contributed by atoms with Gasteiger partial charge in [0.15, 0.2) is 5.69 Å². The Morgan fingerprint density at radius 1 is 1.21 bits per heavy atom. The predicted octanol–water partition coefficient (Wildman–Crippen LogP) is 1.28. The van der Waals surface area contributed by atoms with Crippen LogP contribution in [-0.4, -0.2) is 74.4 Å². The van der Waals surface area contributed by atoms with Gasteiger partial charge in [-0.1, -0.05) is 22.9 Å². The number of benzene rings is 1.